The molecule has 0 bridgehead atoms. The number of nitrogens with zero attached hydrogens (tertiary/aromatic N) is 1. The van der Waals surface area contributed by atoms with Crippen molar-refractivity contribution in [2.45, 2.75) is 0 Å². The minimum atomic E-state index is -0.224. The van der Waals surface area contributed by atoms with Crippen molar-refractivity contribution in [1.82, 2.24) is 5.32 Å². The highest BCUT2D eigenvalue weighted by molar-refractivity contribution is 9.10. The fourth-order valence-electron chi connectivity index (χ4n) is 1.48. The van der Waals surface area contributed by atoms with Gasteiger partial charge in [-0.2, -0.15) is 0 Å². The van der Waals surface area contributed by atoms with Gasteiger partial charge in [0.2, 0.25) is 11.8 Å². The molecule has 15 heavy (non-hydrogen) atoms. The molecule has 2 amide bonds. The van der Waals surface area contributed by atoms with E-state index in [9.17, 15) is 9.59 Å². The molecule has 1 aliphatic rings. The van der Waals surface area contributed by atoms with Gasteiger partial charge in [-0.05, 0) is 28.1 Å². The van der Waals surface area contributed by atoms with E-state index < -0.39 is 0 Å². The third-order valence-corrected chi connectivity index (χ3v) is 2.82. The maximum absolute atomic E-state index is 11.6. The molecule has 0 radical (unpaired) electrons. The smallest absolute Gasteiger partial charge is 0.247 e. The lowest BCUT2D eigenvalue weighted by Crippen LogP contribution is -2.52. The number of rotatable bonds is 1. The Morgan fingerprint density at radius 3 is 2.33 bits per heavy atom. The maximum atomic E-state index is 11.6. The zero-order chi connectivity index (χ0) is 10.8. The van der Waals surface area contributed by atoms with E-state index in [0.717, 1.165) is 4.47 Å². The van der Waals surface area contributed by atoms with Crippen LogP contribution in [0.5, 0.6) is 0 Å². The standard InChI is InChI=1S/C10H9BrN2O2/c11-7-3-1-2-4-8(7)13-9(14)5-12-6-10(13)15/h1-4,12H,5-6H2. The number of imide groups is 1. The molecule has 1 N–H and O–H groups in total. The summed E-state index contributed by atoms with van der Waals surface area (Å²) in [5.74, 6) is -0.448. The van der Waals surface area contributed by atoms with E-state index >= 15 is 0 Å². The number of nitrogens with one attached hydrogen (secondary N) is 1. The van der Waals surface area contributed by atoms with Crippen molar-refractivity contribution in [3.05, 3.63) is 28.7 Å². The number of halogens is 1. The van der Waals surface area contributed by atoms with Gasteiger partial charge in [-0.3, -0.25) is 14.9 Å². The summed E-state index contributed by atoms with van der Waals surface area (Å²) in [5.41, 5.74) is 0.606. The Labute approximate surface area is 95.4 Å². The molecule has 1 saturated heterocycles. The predicted octanol–water partition coefficient (Wildman–Crippen LogP) is 0.912. The molecule has 1 aliphatic heterocycles. The summed E-state index contributed by atoms with van der Waals surface area (Å²) in [7, 11) is 0. The molecule has 0 spiro atoms. The first-order valence-electron chi connectivity index (χ1n) is 4.51. The van der Waals surface area contributed by atoms with Crippen LogP contribution in [-0.4, -0.2) is 24.9 Å². The van der Waals surface area contributed by atoms with Crippen LogP contribution in [-0.2, 0) is 9.59 Å². The second-order valence-electron chi connectivity index (χ2n) is 3.18. The topological polar surface area (TPSA) is 49.4 Å². The summed E-state index contributed by atoms with van der Waals surface area (Å²) >= 11 is 3.32. The number of hydrogen-bond donors (Lipinski definition) is 1. The van der Waals surface area contributed by atoms with Gasteiger partial charge in [0.25, 0.3) is 0 Å². The van der Waals surface area contributed by atoms with Gasteiger partial charge in [0.05, 0.1) is 18.8 Å². The first-order valence-corrected chi connectivity index (χ1v) is 5.30. The quantitative estimate of drug-likeness (QED) is 0.771. The van der Waals surface area contributed by atoms with Crippen molar-refractivity contribution < 1.29 is 9.59 Å². The second kappa shape index (κ2) is 4.12. The molecule has 1 fully saturated rings. The van der Waals surface area contributed by atoms with Gasteiger partial charge >= 0.3 is 0 Å². The minimum Gasteiger partial charge on any atom is -0.300 e. The second-order valence-corrected chi connectivity index (χ2v) is 4.03. The van der Waals surface area contributed by atoms with Crippen LogP contribution in [0, 0.1) is 0 Å². The van der Waals surface area contributed by atoms with Crippen LogP contribution < -0.4 is 10.2 Å². The van der Waals surface area contributed by atoms with Crippen LogP contribution in [0.25, 0.3) is 0 Å². The first-order chi connectivity index (χ1) is 7.20. The Morgan fingerprint density at radius 2 is 1.73 bits per heavy atom. The zero-order valence-corrected chi connectivity index (χ0v) is 9.45. The van der Waals surface area contributed by atoms with Crippen molar-refractivity contribution in [1.29, 1.82) is 0 Å². The number of carbonyl (C=O) groups is 2. The molecule has 0 atom stereocenters. The Balaban J connectivity index is 2.40. The molecule has 1 aromatic carbocycles. The summed E-state index contributed by atoms with van der Waals surface area (Å²) in [6.07, 6.45) is 0. The van der Waals surface area contributed by atoms with Crippen LogP contribution in [0.15, 0.2) is 28.7 Å². The summed E-state index contributed by atoms with van der Waals surface area (Å²) < 4.78 is 0.744. The van der Waals surface area contributed by atoms with Gasteiger partial charge in [-0.15, -0.1) is 0 Å². The van der Waals surface area contributed by atoms with Crippen molar-refractivity contribution in [3.63, 3.8) is 0 Å². The Kier molecular flexibility index (Phi) is 2.83. The molecule has 0 unspecified atom stereocenters. The predicted molar refractivity (Wildman–Crippen MR) is 59.5 cm³/mol. The lowest BCUT2D eigenvalue weighted by atomic mass is 10.2. The Hall–Kier alpha value is -1.20. The molecule has 4 nitrogen and oxygen atoms in total. The van der Waals surface area contributed by atoms with E-state index in [4.69, 9.17) is 0 Å². The van der Waals surface area contributed by atoms with Crippen LogP contribution in [0.4, 0.5) is 5.69 Å². The average Bonchev–Trinajstić information content (AvgIpc) is 2.20. The highest BCUT2D eigenvalue weighted by atomic mass is 79.9. The lowest BCUT2D eigenvalue weighted by Gasteiger charge is -2.26. The number of anilines is 1. The zero-order valence-electron chi connectivity index (χ0n) is 7.87. The van der Waals surface area contributed by atoms with E-state index in [1.54, 1.807) is 18.2 Å². The van der Waals surface area contributed by atoms with Gasteiger partial charge in [-0.25, -0.2) is 4.90 Å². The molecule has 0 aromatic heterocycles. The van der Waals surface area contributed by atoms with Gasteiger partial charge < -0.3 is 0 Å². The number of hydrogen-bond acceptors (Lipinski definition) is 3. The SMILES string of the molecule is O=C1CNCC(=O)N1c1ccccc1Br. The Morgan fingerprint density at radius 1 is 1.13 bits per heavy atom. The summed E-state index contributed by atoms with van der Waals surface area (Å²) in [4.78, 5) is 24.4. The number of para-hydroxylation sites is 1. The first kappa shape index (κ1) is 10.3. The van der Waals surface area contributed by atoms with E-state index in [-0.39, 0.29) is 24.9 Å². The molecule has 1 aromatic rings. The molecular formula is C10H9BrN2O2. The fraction of sp³-hybridized carbons (Fsp3) is 0.200. The Bertz CT molecular complexity index is 404. The van der Waals surface area contributed by atoms with E-state index in [1.165, 1.54) is 4.90 Å². The highest BCUT2D eigenvalue weighted by Gasteiger charge is 2.28. The van der Waals surface area contributed by atoms with E-state index in [0.29, 0.717) is 5.69 Å². The number of piperazine rings is 1. The molecule has 78 valence electrons. The minimum absolute atomic E-state index is 0.201. The van der Waals surface area contributed by atoms with Crippen LogP contribution in [0.1, 0.15) is 0 Å². The molecule has 0 saturated carbocycles. The third-order valence-electron chi connectivity index (χ3n) is 2.14. The van der Waals surface area contributed by atoms with E-state index in [2.05, 4.69) is 21.2 Å². The average molecular weight is 269 g/mol. The summed E-state index contributed by atoms with van der Waals surface area (Å²) in [6, 6.07) is 7.18. The van der Waals surface area contributed by atoms with Crippen molar-refractivity contribution >= 4 is 33.4 Å². The number of benzene rings is 1. The van der Waals surface area contributed by atoms with Crippen molar-refractivity contribution in [2.75, 3.05) is 18.0 Å². The lowest BCUT2D eigenvalue weighted by molar-refractivity contribution is -0.127. The van der Waals surface area contributed by atoms with Crippen LogP contribution in [0.2, 0.25) is 0 Å². The largest absolute Gasteiger partial charge is 0.300 e. The van der Waals surface area contributed by atoms with Gasteiger partial charge in [0, 0.05) is 4.47 Å². The molecule has 5 heteroatoms. The molecular weight excluding hydrogens is 260 g/mol. The van der Waals surface area contributed by atoms with Crippen molar-refractivity contribution in [2.24, 2.45) is 0 Å². The number of amides is 2. The molecule has 1 heterocycles. The molecule has 0 aliphatic carbocycles. The van der Waals surface area contributed by atoms with Gasteiger partial charge in [0.15, 0.2) is 0 Å². The van der Waals surface area contributed by atoms with Gasteiger partial charge in [0.1, 0.15) is 0 Å². The summed E-state index contributed by atoms with van der Waals surface area (Å²) in [6.45, 7) is 0.403. The number of carbonyl (C=O) groups excluding carboxylic acids is 2. The van der Waals surface area contributed by atoms with Gasteiger partial charge in [-0.1, -0.05) is 12.1 Å². The van der Waals surface area contributed by atoms with E-state index in [1.807, 2.05) is 6.07 Å². The molecule has 2 rings (SSSR count). The fourth-order valence-corrected chi connectivity index (χ4v) is 1.94. The maximum Gasteiger partial charge on any atom is 0.247 e. The third kappa shape index (κ3) is 1.93. The summed E-state index contributed by atoms with van der Waals surface area (Å²) in [5, 5.41) is 2.75. The monoisotopic (exact) mass is 268 g/mol. The normalized spacial score (nSPS) is 17.0. The van der Waals surface area contributed by atoms with Crippen molar-refractivity contribution in [3.8, 4) is 0 Å². The highest BCUT2D eigenvalue weighted by Crippen LogP contribution is 2.26. The van der Waals surface area contributed by atoms with Crippen LogP contribution >= 0.6 is 15.9 Å². The van der Waals surface area contributed by atoms with Crippen LogP contribution in [0.3, 0.4) is 0 Å².